The molecule has 4 amide bonds. The molecule has 3 aromatic rings. The summed E-state index contributed by atoms with van der Waals surface area (Å²) in [5, 5.41) is 11.1. The lowest BCUT2D eigenvalue weighted by Gasteiger charge is -2.26. The van der Waals surface area contributed by atoms with Crippen molar-refractivity contribution >= 4 is 29.6 Å². The first-order valence-corrected chi connectivity index (χ1v) is 9.05. The Balaban J connectivity index is 1.66. The largest absolute Gasteiger partial charge is 0.457 e. The smallest absolute Gasteiger partial charge is 0.335 e. The molecule has 2 aromatic carbocycles. The van der Waals surface area contributed by atoms with Gasteiger partial charge in [0, 0.05) is 5.56 Å². The van der Waals surface area contributed by atoms with Gasteiger partial charge in [0.15, 0.2) is 0 Å². The quantitative estimate of drug-likeness (QED) is 0.535. The molecule has 7 heteroatoms. The summed E-state index contributed by atoms with van der Waals surface area (Å²) in [6, 6.07) is 18.2. The zero-order chi connectivity index (χ0) is 21.3. The fourth-order valence-corrected chi connectivity index (χ4v) is 3.10. The molecular weight excluding hydrogens is 382 g/mol. The number of benzene rings is 2. The molecule has 7 nitrogen and oxygen atoms in total. The van der Waals surface area contributed by atoms with Gasteiger partial charge in [0.1, 0.15) is 17.1 Å². The van der Waals surface area contributed by atoms with E-state index in [1.165, 1.54) is 6.08 Å². The summed E-state index contributed by atoms with van der Waals surface area (Å²) in [4.78, 5) is 38.4. The number of aryl methyl sites for hydroxylation is 1. The van der Waals surface area contributed by atoms with E-state index in [2.05, 4.69) is 5.32 Å². The highest BCUT2D eigenvalue weighted by Crippen LogP contribution is 2.26. The van der Waals surface area contributed by atoms with Gasteiger partial charge in [-0.2, -0.15) is 5.26 Å². The predicted octanol–water partition coefficient (Wildman–Crippen LogP) is 3.79. The Bertz CT molecular complexity index is 1250. The highest BCUT2D eigenvalue weighted by Gasteiger charge is 2.37. The number of rotatable bonds is 3. The van der Waals surface area contributed by atoms with Gasteiger partial charge in [0.05, 0.1) is 17.3 Å². The molecule has 0 spiro atoms. The molecule has 0 radical (unpaired) electrons. The van der Waals surface area contributed by atoms with Crippen LogP contribution in [-0.4, -0.2) is 17.8 Å². The van der Waals surface area contributed by atoms with Crippen LogP contribution in [0.25, 0.3) is 17.4 Å². The van der Waals surface area contributed by atoms with Gasteiger partial charge in [0.25, 0.3) is 11.8 Å². The maximum Gasteiger partial charge on any atom is 0.335 e. The van der Waals surface area contributed by atoms with Gasteiger partial charge in [-0.3, -0.25) is 14.9 Å². The van der Waals surface area contributed by atoms with Crippen LogP contribution >= 0.6 is 0 Å². The van der Waals surface area contributed by atoms with E-state index in [1.54, 1.807) is 54.6 Å². The molecule has 0 saturated carbocycles. The summed E-state index contributed by atoms with van der Waals surface area (Å²) in [6.07, 6.45) is 1.31. The van der Waals surface area contributed by atoms with Gasteiger partial charge in [-0.1, -0.05) is 12.1 Å². The molecule has 1 fully saturated rings. The van der Waals surface area contributed by atoms with Crippen molar-refractivity contribution in [1.29, 1.82) is 5.26 Å². The van der Waals surface area contributed by atoms with Gasteiger partial charge < -0.3 is 4.42 Å². The Morgan fingerprint density at radius 2 is 1.80 bits per heavy atom. The third-order valence-electron chi connectivity index (χ3n) is 4.57. The Morgan fingerprint density at radius 1 is 1.03 bits per heavy atom. The number of nitrogens with zero attached hydrogens (tertiary/aromatic N) is 2. The number of hydrogen-bond donors (Lipinski definition) is 1. The van der Waals surface area contributed by atoms with Crippen LogP contribution in [0.1, 0.15) is 16.9 Å². The fourth-order valence-electron chi connectivity index (χ4n) is 3.10. The standard InChI is InChI=1S/C23H15N3O4/c1-14-3-2-4-17(11-14)26-22(28)19(21(27)25-23(26)29)12-18-9-10-20(30-18)16-7-5-15(13-24)6-8-16/h2-12H,1H3,(H,25,27,29)/b19-12+. The SMILES string of the molecule is Cc1cccc(N2C(=O)NC(=O)/C(=C\c3ccc(-c4ccc(C#N)cc4)o3)C2=O)c1. The Hall–Kier alpha value is -4.44. The highest BCUT2D eigenvalue weighted by atomic mass is 16.3. The van der Waals surface area contributed by atoms with E-state index in [0.717, 1.165) is 16.0 Å². The lowest BCUT2D eigenvalue weighted by Crippen LogP contribution is -2.54. The maximum absolute atomic E-state index is 12.9. The average molecular weight is 397 g/mol. The van der Waals surface area contributed by atoms with Crippen LogP contribution in [0.4, 0.5) is 10.5 Å². The number of imide groups is 2. The molecule has 1 N–H and O–H groups in total. The molecular formula is C23H15N3O4. The molecule has 0 unspecified atom stereocenters. The zero-order valence-corrected chi connectivity index (χ0v) is 15.9. The molecule has 30 heavy (non-hydrogen) atoms. The molecule has 0 atom stereocenters. The minimum absolute atomic E-state index is 0.211. The van der Waals surface area contributed by atoms with E-state index in [-0.39, 0.29) is 11.3 Å². The van der Waals surface area contributed by atoms with Gasteiger partial charge in [0.2, 0.25) is 0 Å². The van der Waals surface area contributed by atoms with Crippen molar-refractivity contribution in [3.8, 4) is 17.4 Å². The monoisotopic (exact) mass is 397 g/mol. The molecule has 2 heterocycles. The average Bonchev–Trinajstić information content (AvgIpc) is 3.20. The third-order valence-corrected chi connectivity index (χ3v) is 4.57. The van der Waals surface area contributed by atoms with Gasteiger partial charge in [-0.05, 0) is 67.1 Å². The Kier molecular flexibility index (Phi) is 4.74. The minimum Gasteiger partial charge on any atom is -0.457 e. The third kappa shape index (κ3) is 3.50. The molecule has 1 saturated heterocycles. The summed E-state index contributed by atoms with van der Waals surface area (Å²) < 4.78 is 5.73. The highest BCUT2D eigenvalue weighted by molar-refractivity contribution is 6.39. The molecule has 4 rings (SSSR count). The number of carbonyl (C=O) groups is 3. The maximum atomic E-state index is 12.9. The number of barbiturate groups is 1. The van der Waals surface area contributed by atoms with Crippen LogP contribution in [0, 0.1) is 18.3 Å². The minimum atomic E-state index is -0.800. The summed E-state index contributed by atoms with van der Waals surface area (Å²) >= 11 is 0. The van der Waals surface area contributed by atoms with E-state index in [0.29, 0.717) is 17.0 Å². The normalized spacial score (nSPS) is 15.3. The number of hydrogen-bond acceptors (Lipinski definition) is 5. The van der Waals surface area contributed by atoms with E-state index in [9.17, 15) is 14.4 Å². The Labute approximate surface area is 171 Å². The van der Waals surface area contributed by atoms with Crippen molar-refractivity contribution in [3.05, 3.63) is 83.1 Å². The van der Waals surface area contributed by atoms with Gasteiger partial charge in [-0.15, -0.1) is 0 Å². The van der Waals surface area contributed by atoms with Crippen molar-refractivity contribution in [2.24, 2.45) is 0 Å². The molecule has 146 valence electrons. The van der Waals surface area contributed by atoms with Crippen molar-refractivity contribution in [1.82, 2.24) is 5.32 Å². The Morgan fingerprint density at radius 3 is 2.50 bits per heavy atom. The zero-order valence-electron chi connectivity index (χ0n) is 15.9. The van der Waals surface area contributed by atoms with Crippen LogP contribution in [0.15, 0.2) is 70.7 Å². The number of anilines is 1. The number of carbonyl (C=O) groups excluding carboxylic acids is 3. The second kappa shape index (κ2) is 7.53. The van der Waals surface area contributed by atoms with E-state index in [4.69, 9.17) is 9.68 Å². The summed E-state index contributed by atoms with van der Waals surface area (Å²) in [7, 11) is 0. The second-order valence-electron chi connectivity index (χ2n) is 6.69. The summed E-state index contributed by atoms with van der Waals surface area (Å²) in [5.41, 5.74) is 2.30. The summed E-state index contributed by atoms with van der Waals surface area (Å²) in [6.45, 7) is 1.84. The van der Waals surface area contributed by atoms with E-state index < -0.39 is 17.8 Å². The first kappa shape index (κ1) is 18.9. The predicted molar refractivity (Wildman–Crippen MR) is 109 cm³/mol. The second-order valence-corrected chi connectivity index (χ2v) is 6.69. The molecule has 1 aliphatic heterocycles. The van der Waals surface area contributed by atoms with E-state index >= 15 is 0 Å². The van der Waals surface area contributed by atoms with Gasteiger partial charge in [-0.25, -0.2) is 9.69 Å². The molecule has 0 aliphatic carbocycles. The fraction of sp³-hybridized carbons (Fsp3) is 0.0435. The van der Waals surface area contributed by atoms with Crippen LogP contribution in [0.5, 0.6) is 0 Å². The number of amides is 4. The number of nitrogens with one attached hydrogen (secondary N) is 1. The van der Waals surface area contributed by atoms with Crippen LogP contribution < -0.4 is 10.2 Å². The van der Waals surface area contributed by atoms with Crippen LogP contribution in [-0.2, 0) is 9.59 Å². The van der Waals surface area contributed by atoms with Crippen molar-refractivity contribution < 1.29 is 18.8 Å². The van der Waals surface area contributed by atoms with Crippen LogP contribution in [0.2, 0.25) is 0 Å². The number of urea groups is 1. The molecule has 1 aliphatic rings. The first-order valence-electron chi connectivity index (χ1n) is 9.05. The first-order chi connectivity index (χ1) is 14.5. The molecule has 0 bridgehead atoms. The van der Waals surface area contributed by atoms with Gasteiger partial charge >= 0.3 is 6.03 Å². The van der Waals surface area contributed by atoms with Crippen molar-refractivity contribution in [2.75, 3.05) is 4.90 Å². The topological polar surface area (TPSA) is 103 Å². The van der Waals surface area contributed by atoms with Crippen molar-refractivity contribution in [2.45, 2.75) is 6.92 Å². The van der Waals surface area contributed by atoms with Crippen LogP contribution in [0.3, 0.4) is 0 Å². The lowest BCUT2D eigenvalue weighted by atomic mass is 10.1. The number of furan rings is 1. The lowest BCUT2D eigenvalue weighted by molar-refractivity contribution is -0.122. The molecule has 1 aromatic heterocycles. The van der Waals surface area contributed by atoms with E-state index in [1.807, 2.05) is 19.1 Å². The summed E-state index contributed by atoms with van der Waals surface area (Å²) in [5.74, 6) is -0.719. The number of nitriles is 1. The van der Waals surface area contributed by atoms with Crippen molar-refractivity contribution in [3.63, 3.8) is 0 Å².